The molecule has 1 amide bonds. The second-order valence-electron chi connectivity index (χ2n) is 6.63. The second kappa shape index (κ2) is 8.58. The molecule has 0 aliphatic heterocycles. The fourth-order valence-corrected chi connectivity index (χ4v) is 4.06. The minimum atomic E-state index is -0.188. The van der Waals surface area contributed by atoms with Gasteiger partial charge in [0.1, 0.15) is 5.75 Å². The Kier molecular flexibility index (Phi) is 5.71. The van der Waals surface area contributed by atoms with Crippen LogP contribution in [0.1, 0.15) is 13.3 Å². The zero-order valence-electron chi connectivity index (χ0n) is 16.7. The van der Waals surface area contributed by atoms with Gasteiger partial charge in [0.15, 0.2) is 5.16 Å². The number of nitrogens with one attached hydrogen (secondary N) is 1. The number of aromatic nitrogens is 4. The van der Waals surface area contributed by atoms with E-state index in [0.29, 0.717) is 34.3 Å². The van der Waals surface area contributed by atoms with Crippen LogP contribution in [0.15, 0.2) is 58.5 Å². The number of carbonyl (C=O) groups is 1. The Hall–Kier alpha value is -3.33. The monoisotopic (exact) mass is 423 g/mol. The van der Waals surface area contributed by atoms with Crippen LogP contribution >= 0.6 is 11.8 Å². The van der Waals surface area contributed by atoms with Crippen molar-refractivity contribution in [3.63, 3.8) is 0 Å². The van der Waals surface area contributed by atoms with Crippen LogP contribution in [0.25, 0.3) is 16.7 Å². The molecular weight excluding hydrogens is 402 g/mol. The summed E-state index contributed by atoms with van der Waals surface area (Å²) in [5, 5.41) is 12.5. The smallest absolute Gasteiger partial charge is 0.262 e. The lowest BCUT2D eigenvalue weighted by atomic mass is 10.2. The number of hydrogen-bond donors (Lipinski definition) is 1. The van der Waals surface area contributed by atoms with Gasteiger partial charge in [0, 0.05) is 6.54 Å². The SMILES string of the molecule is CCCn1c(=O)c2ccccc2n2c(SCC(=O)Nc3ccccc3OC)nnc12. The molecule has 4 rings (SSSR count). The number of nitrogens with zero attached hydrogens (tertiary/aromatic N) is 4. The molecule has 0 radical (unpaired) electrons. The van der Waals surface area contributed by atoms with E-state index in [2.05, 4.69) is 15.5 Å². The molecule has 0 fully saturated rings. The Bertz CT molecular complexity index is 1280. The van der Waals surface area contributed by atoms with Gasteiger partial charge in [0.25, 0.3) is 5.56 Å². The number of rotatable bonds is 7. The third-order valence-electron chi connectivity index (χ3n) is 4.64. The molecule has 9 heteroatoms. The standard InChI is InChI=1S/C21H21N5O3S/c1-3-12-25-19(28)14-8-4-6-10-16(14)26-20(25)23-24-21(26)30-13-18(27)22-15-9-5-7-11-17(15)29-2/h4-11H,3,12-13H2,1-2H3,(H,22,27). The number of benzene rings is 2. The highest BCUT2D eigenvalue weighted by Gasteiger charge is 2.17. The Balaban J connectivity index is 1.65. The van der Waals surface area contributed by atoms with Crippen molar-refractivity contribution < 1.29 is 9.53 Å². The van der Waals surface area contributed by atoms with E-state index in [1.165, 1.54) is 11.8 Å². The van der Waals surface area contributed by atoms with Crippen molar-refractivity contribution in [2.75, 3.05) is 18.2 Å². The van der Waals surface area contributed by atoms with Crippen molar-refractivity contribution in [2.45, 2.75) is 25.0 Å². The summed E-state index contributed by atoms with van der Waals surface area (Å²) in [4.78, 5) is 25.4. The zero-order valence-corrected chi connectivity index (χ0v) is 17.5. The lowest BCUT2D eigenvalue weighted by molar-refractivity contribution is -0.113. The summed E-state index contributed by atoms with van der Waals surface area (Å²) in [5.41, 5.74) is 1.25. The van der Waals surface area contributed by atoms with Crippen molar-refractivity contribution in [1.29, 1.82) is 0 Å². The summed E-state index contributed by atoms with van der Waals surface area (Å²) in [5.74, 6) is 1.03. The van der Waals surface area contributed by atoms with Crippen LogP contribution in [0, 0.1) is 0 Å². The number of methoxy groups -OCH3 is 1. The maximum absolute atomic E-state index is 12.9. The van der Waals surface area contributed by atoms with Gasteiger partial charge in [-0.1, -0.05) is 43.0 Å². The zero-order chi connectivity index (χ0) is 21.1. The van der Waals surface area contributed by atoms with Crippen LogP contribution in [0.3, 0.4) is 0 Å². The molecule has 8 nitrogen and oxygen atoms in total. The minimum Gasteiger partial charge on any atom is -0.495 e. The van der Waals surface area contributed by atoms with Crippen LogP contribution in [0.4, 0.5) is 5.69 Å². The Labute approximate surface area is 176 Å². The number of thioether (sulfide) groups is 1. The van der Waals surface area contributed by atoms with E-state index >= 15 is 0 Å². The van der Waals surface area contributed by atoms with Crippen LogP contribution in [0.2, 0.25) is 0 Å². The summed E-state index contributed by atoms with van der Waals surface area (Å²) < 4.78 is 8.74. The number of fused-ring (bicyclic) bond motifs is 3. The largest absolute Gasteiger partial charge is 0.495 e. The Morgan fingerprint density at radius 2 is 1.90 bits per heavy atom. The van der Waals surface area contributed by atoms with Crippen molar-refractivity contribution in [3.05, 3.63) is 58.9 Å². The van der Waals surface area contributed by atoms with Crippen LogP contribution in [0.5, 0.6) is 5.75 Å². The Morgan fingerprint density at radius 1 is 1.13 bits per heavy atom. The predicted octanol–water partition coefficient (Wildman–Crippen LogP) is 3.19. The molecule has 4 aromatic rings. The third-order valence-corrected chi connectivity index (χ3v) is 5.57. The van der Waals surface area contributed by atoms with Gasteiger partial charge in [-0.15, -0.1) is 10.2 Å². The average molecular weight is 423 g/mol. The molecule has 0 unspecified atom stereocenters. The van der Waals surface area contributed by atoms with E-state index in [1.807, 2.05) is 41.7 Å². The number of amides is 1. The molecule has 0 aliphatic rings. The molecule has 30 heavy (non-hydrogen) atoms. The molecule has 2 heterocycles. The van der Waals surface area contributed by atoms with Gasteiger partial charge in [-0.25, -0.2) is 0 Å². The molecule has 0 atom stereocenters. The van der Waals surface area contributed by atoms with E-state index in [-0.39, 0.29) is 17.2 Å². The third kappa shape index (κ3) is 3.63. The number of hydrogen-bond acceptors (Lipinski definition) is 6. The van der Waals surface area contributed by atoms with Crippen molar-refractivity contribution in [1.82, 2.24) is 19.2 Å². The predicted molar refractivity (Wildman–Crippen MR) is 117 cm³/mol. The summed E-state index contributed by atoms with van der Waals surface area (Å²) in [7, 11) is 1.56. The first kappa shape index (κ1) is 20.0. The molecule has 1 N–H and O–H groups in total. The number of carbonyl (C=O) groups excluding carboxylic acids is 1. The van der Waals surface area contributed by atoms with Gasteiger partial charge < -0.3 is 10.1 Å². The first-order chi connectivity index (χ1) is 14.6. The molecule has 154 valence electrons. The molecule has 2 aromatic heterocycles. The van der Waals surface area contributed by atoms with E-state index in [9.17, 15) is 9.59 Å². The molecule has 0 bridgehead atoms. The van der Waals surface area contributed by atoms with Crippen LogP contribution in [-0.2, 0) is 11.3 Å². The lowest BCUT2D eigenvalue weighted by Crippen LogP contribution is -2.23. The number of para-hydroxylation sites is 3. The molecule has 2 aromatic carbocycles. The normalized spacial score (nSPS) is 11.1. The first-order valence-corrected chi connectivity index (χ1v) is 10.5. The minimum absolute atomic E-state index is 0.0854. The molecule has 0 saturated carbocycles. The maximum Gasteiger partial charge on any atom is 0.262 e. The van der Waals surface area contributed by atoms with Crippen LogP contribution in [-0.4, -0.2) is 37.9 Å². The quantitative estimate of drug-likeness (QED) is 0.459. The van der Waals surface area contributed by atoms with E-state index in [1.54, 1.807) is 29.9 Å². The van der Waals surface area contributed by atoms with Crippen molar-refractivity contribution >= 4 is 40.0 Å². The van der Waals surface area contributed by atoms with E-state index in [4.69, 9.17) is 4.74 Å². The highest BCUT2D eigenvalue weighted by atomic mass is 32.2. The maximum atomic E-state index is 12.9. The van der Waals surface area contributed by atoms with Crippen molar-refractivity contribution in [2.24, 2.45) is 0 Å². The Morgan fingerprint density at radius 3 is 2.70 bits per heavy atom. The lowest BCUT2D eigenvalue weighted by Gasteiger charge is -2.11. The fourth-order valence-electron chi connectivity index (χ4n) is 3.32. The highest BCUT2D eigenvalue weighted by Crippen LogP contribution is 2.25. The van der Waals surface area contributed by atoms with Gasteiger partial charge in [-0.3, -0.25) is 18.6 Å². The van der Waals surface area contributed by atoms with Gasteiger partial charge in [0.05, 0.1) is 29.5 Å². The van der Waals surface area contributed by atoms with Crippen LogP contribution < -0.4 is 15.6 Å². The molecule has 0 aliphatic carbocycles. The summed E-state index contributed by atoms with van der Waals surface area (Å²) >= 11 is 1.27. The van der Waals surface area contributed by atoms with Crippen molar-refractivity contribution in [3.8, 4) is 5.75 Å². The number of anilines is 1. The number of ether oxygens (including phenoxy) is 1. The topological polar surface area (TPSA) is 90.5 Å². The van der Waals surface area contributed by atoms with Gasteiger partial charge in [0.2, 0.25) is 11.7 Å². The second-order valence-corrected chi connectivity index (χ2v) is 7.57. The molecule has 0 spiro atoms. The molecule has 0 saturated heterocycles. The van der Waals surface area contributed by atoms with E-state index in [0.717, 1.165) is 11.9 Å². The summed E-state index contributed by atoms with van der Waals surface area (Å²) in [6.07, 6.45) is 0.796. The fraction of sp³-hybridized carbons (Fsp3) is 0.238. The number of aryl methyl sites for hydroxylation is 1. The van der Waals surface area contributed by atoms with E-state index < -0.39 is 0 Å². The summed E-state index contributed by atoms with van der Waals surface area (Å²) in [6.45, 7) is 2.55. The van der Waals surface area contributed by atoms with Gasteiger partial charge in [-0.05, 0) is 30.7 Å². The summed E-state index contributed by atoms with van der Waals surface area (Å²) in [6, 6.07) is 14.6. The first-order valence-electron chi connectivity index (χ1n) is 9.56. The highest BCUT2D eigenvalue weighted by molar-refractivity contribution is 7.99. The molecular formula is C21H21N5O3S. The van der Waals surface area contributed by atoms with Gasteiger partial charge >= 0.3 is 0 Å². The average Bonchev–Trinajstić information content (AvgIpc) is 3.19. The van der Waals surface area contributed by atoms with Gasteiger partial charge in [-0.2, -0.15) is 0 Å².